The first kappa shape index (κ1) is 14.4. The van der Waals surface area contributed by atoms with Gasteiger partial charge in [0.05, 0.1) is 12.6 Å². The fourth-order valence-corrected chi connectivity index (χ4v) is 1.66. The molecule has 0 radical (unpaired) electrons. The van der Waals surface area contributed by atoms with Gasteiger partial charge in [0.25, 0.3) is 0 Å². The number of aliphatic carboxylic acids is 1. The molecule has 2 atom stereocenters. The number of nitrogens with one attached hydrogen (secondary N) is 3. The number of hydrogen-bond donors (Lipinski definition) is 5. The number of carbonyl (C=O) groups excluding carboxylic acids is 2. The Bertz CT molecular complexity index is 327. The van der Waals surface area contributed by atoms with E-state index in [0.717, 1.165) is 13.0 Å². The number of rotatable bonds is 6. The summed E-state index contributed by atoms with van der Waals surface area (Å²) < 4.78 is 0. The molecule has 8 nitrogen and oxygen atoms in total. The van der Waals surface area contributed by atoms with Crippen LogP contribution in [0.25, 0.3) is 0 Å². The highest BCUT2D eigenvalue weighted by Crippen LogP contribution is 2.04. The van der Waals surface area contributed by atoms with Crippen LogP contribution in [0.3, 0.4) is 0 Å². The summed E-state index contributed by atoms with van der Waals surface area (Å²) in [6.45, 7) is -0.385. The Labute approximate surface area is 104 Å². The van der Waals surface area contributed by atoms with Gasteiger partial charge in [0, 0.05) is 0 Å². The van der Waals surface area contributed by atoms with E-state index in [2.05, 4.69) is 16.0 Å². The number of amides is 2. The third-order valence-corrected chi connectivity index (χ3v) is 2.61. The van der Waals surface area contributed by atoms with Gasteiger partial charge in [-0.15, -0.1) is 0 Å². The number of carboxylic acid groups (broad SMARTS) is 1. The van der Waals surface area contributed by atoms with Crippen LogP contribution in [0.1, 0.15) is 12.8 Å². The SMILES string of the molecule is O=C(O)CNC(=O)C(CO)NC(=O)C1CCCN1. The van der Waals surface area contributed by atoms with Gasteiger partial charge in [-0.2, -0.15) is 0 Å². The molecule has 18 heavy (non-hydrogen) atoms. The van der Waals surface area contributed by atoms with Crippen molar-refractivity contribution in [3.8, 4) is 0 Å². The Morgan fingerprint density at radius 2 is 2.11 bits per heavy atom. The van der Waals surface area contributed by atoms with E-state index >= 15 is 0 Å². The Hall–Kier alpha value is -1.67. The van der Waals surface area contributed by atoms with Crippen LogP contribution in [0.15, 0.2) is 0 Å². The number of aliphatic hydroxyl groups excluding tert-OH is 1. The molecule has 1 aliphatic rings. The molecule has 0 aliphatic carbocycles. The summed E-state index contributed by atoms with van der Waals surface area (Å²) in [6, 6.07) is -1.48. The number of hydrogen-bond acceptors (Lipinski definition) is 5. The number of aliphatic hydroxyl groups is 1. The molecule has 102 valence electrons. The lowest BCUT2D eigenvalue weighted by Gasteiger charge is -2.18. The van der Waals surface area contributed by atoms with Gasteiger partial charge in [0.2, 0.25) is 11.8 Å². The summed E-state index contributed by atoms with van der Waals surface area (Å²) in [4.78, 5) is 33.4. The molecule has 1 fully saturated rings. The fourth-order valence-electron chi connectivity index (χ4n) is 1.66. The van der Waals surface area contributed by atoms with E-state index in [4.69, 9.17) is 10.2 Å². The summed E-state index contributed by atoms with van der Waals surface area (Å²) in [5.74, 6) is -2.27. The second-order valence-corrected chi connectivity index (χ2v) is 4.00. The molecule has 0 spiro atoms. The van der Waals surface area contributed by atoms with Gasteiger partial charge < -0.3 is 26.2 Å². The molecule has 8 heteroatoms. The van der Waals surface area contributed by atoms with Crippen LogP contribution in [-0.4, -0.2) is 59.8 Å². The maximum atomic E-state index is 11.7. The zero-order valence-electron chi connectivity index (χ0n) is 9.81. The number of carbonyl (C=O) groups is 3. The third-order valence-electron chi connectivity index (χ3n) is 2.61. The van der Waals surface area contributed by atoms with E-state index in [9.17, 15) is 14.4 Å². The van der Waals surface area contributed by atoms with Crippen LogP contribution in [-0.2, 0) is 14.4 Å². The van der Waals surface area contributed by atoms with E-state index < -0.39 is 31.1 Å². The Morgan fingerprint density at radius 3 is 2.61 bits per heavy atom. The molecule has 0 aromatic rings. The highest BCUT2D eigenvalue weighted by Gasteiger charge is 2.26. The van der Waals surface area contributed by atoms with Crippen LogP contribution in [0.5, 0.6) is 0 Å². The minimum absolute atomic E-state index is 0.355. The monoisotopic (exact) mass is 259 g/mol. The molecule has 1 heterocycles. The van der Waals surface area contributed by atoms with Gasteiger partial charge in [-0.1, -0.05) is 0 Å². The molecular weight excluding hydrogens is 242 g/mol. The first-order chi connectivity index (χ1) is 8.54. The second-order valence-electron chi connectivity index (χ2n) is 4.00. The lowest BCUT2D eigenvalue weighted by Crippen LogP contribution is -2.53. The number of carboxylic acids is 1. The maximum absolute atomic E-state index is 11.7. The lowest BCUT2D eigenvalue weighted by atomic mass is 10.2. The highest BCUT2D eigenvalue weighted by molar-refractivity contribution is 5.91. The van der Waals surface area contributed by atoms with Crippen molar-refractivity contribution in [3.63, 3.8) is 0 Å². The van der Waals surface area contributed by atoms with Crippen LogP contribution in [0.4, 0.5) is 0 Å². The van der Waals surface area contributed by atoms with Crippen molar-refractivity contribution < 1.29 is 24.6 Å². The van der Waals surface area contributed by atoms with Gasteiger partial charge in [-0.3, -0.25) is 14.4 Å². The van der Waals surface area contributed by atoms with Crippen LogP contribution in [0, 0.1) is 0 Å². The minimum Gasteiger partial charge on any atom is -0.480 e. The normalized spacial score (nSPS) is 20.2. The summed E-state index contributed by atoms with van der Waals surface area (Å²) in [5.41, 5.74) is 0. The zero-order chi connectivity index (χ0) is 13.5. The van der Waals surface area contributed by atoms with Crippen LogP contribution < -0.4 is 16.0 Å². The molecule has 0 aromatic carbocycles. The summed E-state index contributed by atoms with van der Waals surface area (Å²) >= 11 is 0. The Morgan fingerprint density at radius 1 is 1.39 bits per heavy atom. The largest absolute Gasteiger partial charge is 0.480 e. The first-order valence-electron chi connectivity index (χ1n) is 5.68. The van der Waals surface area contributed by atoms with Crippen molar-refractivity contribution in [1.82, 2.24) is 16.0 Å². The van der Waals surface area contributed by atoms with Crippen LogP contribution >= 0.6 is 0 Å². The van der Waals surface area contributed by atoms with E-state index in [-0.39, 0.29) is 11.9 Å². The first-order valence-corrected chi connectivity index (χ1v) is 5.68. The van der Waals surface area contributed by atoms with Crippen molar-refractivity contribution >= 4 is 17.8 Å². The topological polar surface area (TPSA) is 128 Å². The molecule has 0 saturated carbocycles. The van der Waals surface area contributed by atoms with E-state index in [1.54, 1.807) is 0 Å². The van der Waals surface area contributed by atoms with Gasteiger partial charge in [-0.05, 0) is 19.4 Å². The zero-order valence-corrected chi connectivity index (χ0v) is 9.81. The van der Waals surface area contributed by atoms with Crippen molar-refractivity contribution in [2.75, 3.05) is 19.7 Å². The maximum Gasteiger partial charge on any atom is 0.322 e. The molecular formula is C10H17N3O5. The molecule has 0 aromatic heterocycles. The average Bonchev–Trinajstić information content (AvgIpc) is 2.86. The molecule has 1 saturated heterocycles. The summed E-state index contributed by atoms with van der Waals surface area (Å²) in [7, 11) is 0. The van der Waals surface area contributed by atoms with Crippen molar-refractivity contribution in [2.24, 2.45) is 0 Å². The van der Waals surface area contributed by atoms with Crippen molar-refractivity contribution in [3.05, 3.63) is 0 Å². The molecule has 1 rings (SSSR count). The van der Waals surface area contributed by atoms with Crippen molar-refractivity contribution in [1.29, 1.82) is 0 Å². The summed E-state index contributed by atoms with van der Waals surface area (Å²) in [5, 5.41) is 24.8. The summed E-state index contributed by atoms with van der Waals surface area (Å²) in [6.07, 6.45) is 1.56. The fraction of sp³-hybridized carbons (Fsp3) is 0.700. The van der Waals surface area contributed by atoms with Gasteiger partial charge in [0.1, 0.15) is 12.6 Å². The molecule has 0 bridgehead atoms. The predicted octanol–water partition coefficient (Wildman–Crippen LogP) is -2.58. The Balaban J connectivity index is 2.42. The van der Waals surface area contributed by atoms with E-state index in [0.29, 0.717) is 6.42 Å². The van der Waals surface area contributed by atoms with E-state index in [1.165, 1.54) is 0 Å². The van der Waals surface area contributed by atoms with E-state index in [1.807, 2.05) is 0 Å². The van der Waals surface area contributed by atoms with Gasteiger partial charge in [-0.25, -0.2) is 0 Å². The quantitative estimate of drug-likeness (QED) is 0.356. The van der Waals surface area contributed by atoms with Gasteiger partial charge in [0.15, 0.2) is 0 Å². The third kappa shape index (κ3) is 4.30. The molecule has 2 amide bonds. The average molecular weight is 259 g/mol. The molecule has 2 unspecified atom stereocenters. The van der Waals surface area contributed by atoms with Crippen molar-refractivity contribution in [2.45, 2.75) is 24.9 Å². The Kier molecular flexibility index (Phi) is 5.53. The minimum atomic E-state index is -1.19. The highest BCUT2D eigenvalue weighted by atomic mass is 16.4. The smallest absolute Gasteiger partial charge is 0.322 e. The molecule has 1 aliphatic heterocycles. The standard InChI is InChI=1S/C10H17N3O5/c14-5-7(9(17)12-4-8(15)16)13-10(18)6-2-1-3-11-6/h6-7,11,14H,1-5H2,(H,12,17)(H,13,18)(H,15,16). The van der Waals surface area contributed by atoms with Gasteiger partial charge >= 0.3 is 5.97 Å². The predicted molar refractivity (Wildman–Crippen MR) is 60.7 cm³/mol. The van der Waals surface area contributed by atoms with Crippen LogP contribution in [0.2, 0.25) is 0 Å². The second kappa shape index (κ2) is 6.92. The lowest BCUT2D eigenvalue weighted by molar-refractivity contribution is -0.138. The molecule has 5 N–H and O–H groups in total.